The molecule has 1 saturated heterocycles. The zero-order chi connectivity index (χ0) is 22.2. The minimum Gasteiger partial charge on any atom is -0.493 e. The Labute approximate surface area is 190 Å². The average Bonchev–Trinajstić information content (AvgIpc) is 2.75. The van der Waals surface area contributed by atoms with Crippen molar-refractivity contribution in [3.05, 3.63) is 58.6 Å². The van der Waals surface area contributed by atoms with Gasteiger partial charge in [-0.1, -0.05) is 35.9 Å². The summed E-state index contributed by atoms with van der Waals surface area (Å²) in [5.74, 6) is 1.33. The molecule has 1 fully saturated rings. The second-order valence-electron chi connectivity index (χ2n) is 8.32. The van der Waals surface area contributed by atoms with Crippen LogP contribution in [0.3, 0.4) is 0 Å². The van der Waals surface area contributed by atoms with E-state index in [-0.39, 0.29) is 6.61 Å². The van der Waals surface area contributed by atoms with Gasteiger partial charge in [-0.2, -0.15) is 0 Å². The fourth-order valence-electron chi connectivity index (χ4n) is 3.78. The smallest absolute Gasteiger partial charge is 0.161 e. The summed E-state index contributed by atoms with van der Waals surface area (Å²) in [5, 5.41) is 11.2. The second kappa shape index (κ2) is 11.7. The molecule has 0 saturated carbocycles. The number of hydrogen-bond donors (Lipinski definition) is 1. The van der Waals surface area contributed by atoms with E-state index in [4.69, 9.17) is 21.1 Å². The van der Waals surface area contributed by atoms with Crippen molar-refractivity contribution < 1.29 is 14.6 Å². The maximum absolute atomic E-state index is 10.5. The fourth-order valence-corrected chi connectivity index (χ4v) is 3.98. The van der Waals surface area contributed by atoms with E-state index in [9.17, 15) is 5.11 Å². The maximum atomic E-state index is 10.5. The molecule has 0 radical (unpaired) electrons. The molecule has 0 aromatic heterocycles. The van der Waals surface area contributed by atoms with Crippen molar-refractivity contribution in [1.29, 1.82) is 0 Å². The van der Waals surface area contributed by atoms with Crippen LogP contribution in [0, 0.1) is 0 Å². The van der Waals surface area contributed by atoms with Crippen LogP contribution in [0.5, 0.6) is 11.5 Å². The number of aliphatic hydroxyl groups excluding tert-OH is 1. The first kappa shape index (κ1) is 23.8. The number of nitrogens with zero attached hydrogens (tertiary/aromatic N) is 3. The van der Waals surface area contributed by atoms with Gasteiger partial charge in [0.1, 0.15) is 12.7 Å². The maximum Gasteiger partial charge on any atom is 0.161 e. The normalized spacial score (nSPS) is 16.5. The lowest BCUT2D eigenvalue weighted by Gasteiger charge is -2.33. The fraction of sp³-hybridized carbons (Fsp3) is 0.500. The molecule has 2 aromatic carbocycles. The Hall–Kier alpha value is -1.83. The number of benzene rings is 2. The second-order valence-corrected chi connectivity index (χ2v) is 8.72. The number of likely N-dealkylation sites (N-methyl/N-ethyl adjacent to an activating group) is 1. The predicted octanol–water partition coefficient (Wildman–Crippen LogP) is 2.97. The van der Waals surface area contributed by atoms with Crippen molar-refractivity contribution in [2.24, 2.45) is 0 Å². The van der Waals surface area contributed by atoms with Crippen molar-refractivity contribution in [2.45, 2.75) is 19.2 Å². The molecule has 170 valence electrons. The zero-order valence-corrected chi connectivity index (χ0v) is 19.5. The molecular weight excluding hydrogens is 414 g/mol. The number of halogens is 1. The van der Waals surface area contributed by atoms with Crippen LogP contribution in [0.1, 0.15) is 11.1 Å². The molecule has 0 unspecified atom stereocenters. The Morgan fingerprint density at radius 3 is 2.52 bits per heavy atom. The van der Waals surface area contributed by atoms with E-state index in [1.54, 1.807) is 7.11 Å². The summed E-state index contributed by atoms with van der Waals surface area (Å²) >= 11 is 6.29. The highest BCUT2D eigenvalue weighted by Gasteiger charge is 2.18. The topological polar surface area (TPSA) is 48.4 Å². The third-order valence-electron chi connectivity index (χ3n) is 5.57. The van der Waals surface area contributed by atoms with Crippen LogP contribution in [-0.2, 0) is 13.1 Å². The molecule has 7 heteroatoms. The van der Waals surface area contributed by atoms with Gasteiger partial charge >= 0.3 is 0 Å². The average molecular weight is 448 g/mol. The molecule has 1 N–H and O–H groups in total. The highest BCUT2D eigenvalue weighted by molar-refractivity contribution is 6.31. The van der Waals surface area contributed by atoms with Gasteiger partial charge in [0.05, 0.1) is 7.11 Å². The zero-order valence-electron chi connectivity index (χ0n) is 18.8. The highest BCUT2D eigenvalue weighted by Crippen LogP contribution is 2.29. The molecule has 1 aliphatic rings. The third kappa shape index (κ3) is 7.37. The van der Waals surface area contributed by atoms with Gasteiger partial charge in [-0.15, -0.1) is 0 Å². The molecule has 1 aliphatic heterocycles. The first-order chi connectivity index (χ1) is 14.9. The Kier molecular flexibility index (Phi) is 8.99. The van der Waals surface area contributed by atoms with Crippen molar-refractivity contribution in [2.75, 3.05) is 60.5 Å². The number of methoxy groups -OCH3 is 1. The van der Waals surface area contributed by atoms with Crippen LogP contribution in [0.15, 0.2) is 42.5 Å². The quantitative estimate of drug-likeness (QED) is 0.604. The summed E-state index contributed by atoms with van der Waals surface area (Å²) in [4.78, 5) is 6.79. The predicted molar refractivity (Wildman–Crippen MR) is 125 cm³/mol. The van der Waals surface area contributed by atoms with E-state index in [0.29, 0.717) is 18.0 Å². The lowest BCUT2D eigenvalue weighted by atomic mass is 10.1. The Morgan fingerprint density at radius 2 is 1.81 bits per heavy atom. The number of β-amino-alcohol motifs (C(OH)–C–C–N with tert-alkyl or cyclic N) is 1. The number of piperazine rings is 1. The summed E-state index contributed by atoms with van der Waals surface area (Å²) in [6, 6.07) is 13.8. The van der Waals surface area contributed by atoms with Crippen LogP contribution in [0.2, 0.25) is 5.02 Å². The monoisotopic (exact) mass is 447 g/mol. The van der Waals surface area contributed by atoms with Crippen molar-refractivity contribution in [3.8, 4) is 11.5 Å². The van der Waals surface area contributed by atoms with Gasteiger partial charge < -0.3 is 19.5 Å². The molecule has 6 nitrogen and oxygen atoms in total. The number of hydrogen-bond acceptors (Lipinski definition) is 6. The largest absolute Gasteiger partial charge is 0.493 e. The lowest BCUT2D eigenvalue weighted by Crippen LogP contribution is -2.47. The SMILES string of the molecule is COc1ccc(CN(C)Cc2ccccc2Cl)cc1OC[C@@H](O)CN1CCN(C)CC1. The summed E-state index contributed by atoms with van der Waals surface area (Å²) in [6.07, 6.45) is -0.542. The standard InChI is InChI=1S/C24H34ClN3O3/c1-26-10-12-28(13-11-26)17-21(29)18-31-24-14-19(8-9-23(24)30-3)15-27(2)16-20-6-4-5-7-22(20)25/h4-9,14,21,29H,10-13,15-18H2,1-3H3/t21-/m0/s1. The van der Waals surface area contributed by atoms with Gasteiger partial charge in [0.25, 0.3) is 0 Å². The van der Waals surface area contributed by atoms with Crippen LogP contribution in [0.4, 0.5) is 0 Å². The van der Waals surface area contributed by atoms with E-state index in [1.165, 1.54) is 0 Å². The third-order valence-corrected chi connectivity index (χ3v) is 5.94. The van der Waals surface area contributed by atoms with Crippen LogP contribution in [0.25, 0.3) is 0 Å². The van der Waals surface area contributed by atoms with Gasteiger partial charge in [0.2, 0.25) is 0 Å². The summed E-state index contributed by atoms with van der Waals surface area (Å²) < 4.78 is 11.4. The molecule has 3 rings (SSSR count). The van der Waals surface area contributed by atoms with E-state index in [0.717, 1.165) is 55.4 Å². The van der Waals surface area contributed by atoms with E-state index < -0.39 is 6.10 Å². The minimum absolute atomic E-state index is 0.238. The van der Waals surface area contributed by atoms with E-state index in [2.05, 4.69) is 28.8 Å². The molecule has 2 aromatic rings. The Bertz CT molecular complexity index is 827. The highest BCUT2D eigenvalue weighted by atomic mass is 35.5. The Morgan fingerprint density at radius 1 is 1.06 bits per heavy atom. The van der Waals surface area contributed by atoms with E-state index in [1.807, 2.05) is 42.5 Å². The van der Waals surface area contributed by atoms with Gasteiger partial charge in [0.15, 0.2) is 11.5 Å². The van der Waals surface area contributed by atoms with Crippen LogP contribution < -0.4 is 9.47 Å². The van der Waals surface area contributed by atoms with Crippen molar-refractivity contribution >= 4 is 11.6 Å². The molecular formula is C24H34ClN3O3. The molecule has 31 heavy (non-hydrogen) atoms. The molecule has 1 atom stereocenters. The molecule has 1 heterocycles. The summed E-state index contributed by atoms with van der Waals surface area (Å²) in [5.41, 5.74) is 2.21. The van der Waals surface area contributed by atoms with Crippen LogP contribution >= 0.6 is 11.6 Å². The van der Waals surface area contributed by atoms with Gasteiger partial charge in [-0.25, -0.2) is 0 Å². The molecule has 0 bridgehead atoms. The van der Waals surface area contributed by atoms with Gasteiger partial charge in [0, 0.05) is 50.8 Å². The van der Waals surface area contributed by atoms with Gasteiger partial charge in [-0.05, 0) is 43.4 Å². The molecule has 0 aliphatic carbocycles. The number of rotatable bonds is 10. The number of ether oxygens (including phenoxy) is 2. The first-order valence-corrected chi connectivity index (χ1v) is 11.1. The van der Waals surface area contributed by atoms with Gasteiger partial charge in [-0.3, -0.25) is 9.80 Å². The number of aliphatic hydroxyl groups is 1. The van der Waals surface area contributed by atoms with Crippen LogP contribution in [-0.4, -0.2) is 86.4 Å². The lowest BCUT2D eigenvalue weighted by molar-refractivity contribution is 0.0497. The minimum atomic E-state index is -0.542. The first-order valence-electron chi connectivity index (χ1n) is 10.7. The summed E-state index contributed by atoms with van der Waals surface area (Å²) in [7, 11) is 5.82. The summed E-state index contributed by atoms with van der Waals surface area (Å²) in [6.45, 7) is 6.38. The van der Waals surface area contributed by atoms with Crippen molar-refractivity contribution in [1.82, 2.24) is 14.7 Å². The van der Waals surface area contributed by atoms with Crippen molar-refractivity contribution in [3.63, 3.8) is 0 Å². The molecule has 0 spiro atoms. The Balaban J connectivity index is 1.55. The molecule has 0 amide bonds. The van der Waals surface area contributed by atoms with E-state index >= 15 is 0 Å².